The molecule has 0 radical (unpaired) electrons. The van der Waals surface area contributed by atoms with Crippen LogP contribution in [0, 0.1) is 28.6 Å². The Morgan fingerprint density at radius 2 is 1.61 bits per heavy atom. The highest BCUT2D eigenvalue weighted by atomic mass is 15.2. The summed E-state index contributed by atoms with van der Waals surface area (Å²) >= 11 is 0. The third-order valence-corrected chi connectivity index (χ3v) is 4.18. The maximum absolute atomic E-state index is 9.30. The van der Waals surface area contributed by atoms with Crippen LogP contribution in [0.25, 0.3) is 0 Å². The Hall–Kier alpha value is -1.42. The maximum atomic E-state index is 9.30. The van der Waals surface area contributed by atoms with Gasteiger partial charge in [0.05, 0.1) is 18.2 Å². The first kappa shape index (κ1) is 13.0. The molecule has 0 aliphatic heterocycles. The fraction of sp³-hybridized carbons (Fsp3) is 0.857. The monoisotopic (exact) mass is 244 g/mol. The van der Waals surface area contributed by atoms with Crippen molar-refractivity contribution in [1.82, 2.24) is 0 Å². The van der Waals surface area contributed by atoms with Crippen LogP contribution in [-0.4, -0.2) is 11.6 Å². The molecule has 0 spiro atoms. The molecule has 0 N–H and O–H groups in total. The normalized spacial score (nSPS) is 31.7. The first-order chi connectivity index (χ1) is 8.78. The average Bonchev–Trinajstić information content (AvgIpc) is 2.47. The van der Waals surface area contributed by atoms with E-state index in [9.17, 15) is 5.26 Å². The second-order valence-electron chi connectivity index (χ2n) is 5.55. The van der Waals surface area contributed by atoms with Crippen molar-refractivity contribution in [3.63, 3.8) is 0 Å². The molecule has 0 atom stereocenters. The fourth-order valence-corrected chi connectivity index (χ4v) is 2.88. The van der Waals surface area contributed by atoms with E-state index >= 15 is 0 Å². The maximum Gasteiger partial charge on any atom is 0.167 e. The smallest absolute Gasteiger partial charge is 0.167 e. The molecule has 0 saturated heterocycles. The van der Waals surface area contributed by atoms with Gasteiger partial charge in [0.2, 0.25) is 0 Å². The van der Waals surface area contributed by atoms with E-state index in [2.05, 4.69) is 22.4 Å². The molecule has 2 aliphatic carbocycles. The van der Waals surface area contributed by atoms with Crippen LogP contribution >= 0.6 is 0 Å². The van der Waals surface area contributed by atoms with Crippen LogP contribution in [0.5, 0.6) is 0 Å². The molecule has 4 nitrogen and oxygen atoms in total. The summed E-state index contributed by atoms with van der Waals surface area (Å²) in [6.07, 6.45) is 8.88. The van der Waals surface area contributed by atoms with Gasteiger partial charge < -0.3 is 0 Å². The number of azo groups is 1. The minimum Gasteiger partial charge on any atom is -0.198 e. The van der Waals surface area contributed by atoms with Gasteiger partial charge in [-0.05, 0) is 51.4 Å². The van der Waals surface area contributed by atoms with E-state index in [-0.39, 0.29) is 12.0 Å². The molecule has 0 aromatic heterocycles. The molecule has 2 rings (SSSR count). The summed E-state index contributed by atoms with van der Waals surface area (Å²) in [7, 11) is 0. The van der Waals surface area contributed by atoms with Crippen LogP contribution in [0.4, 0.5) is 0 Å². The molecule has 4 heteroatoms. The molecule has 96 valence electrons. The standard InChI is InChI=1S/C14H20N4/c15-10-12-4-6-13(7-5-12)17-18-14(11-16)8-2-1-3-9-14/h12-13H,1-9H2/b18-17+. The molecular weight excluding hydrogens is 224 g/mol. The largest absolute Gasteiger partial charge is 0.198 e. The van der Waals surface area contributed by atoms with Crippen molar-refractivity contribution in [3.8, 4) is 12.1 Å². The van der Waals surface area contributed by atoms with E-state index in [1.165, 1.54) is 6.42 Å². The average molecular weight is 244 g/mol. The Morgan fingerprint density at radius 1 is 0.944 bits per heavy atom. The molecule has 2 saturated carbocycles. The quantitative estimate of drug-likeness (QED) is 0.694. The molecule has 0 aromatic rings. The second kappa shape index (κ2) is 5.96. The minimum atomic E-state index is -0.537. The van der Waals surface area contributed by atoms with Crippen LogP contribution in [0.1, 0.15) is 57.8 Å². The number of hydrogen-bond donors (Lipinski definition) is 0. The van der Waals surface area contributed by atoms with Gasteiger partial charge in [0.1, 0.15) is 0 Å². The SMILES string of the molecule is N#CC1CCC(/N=N/C2(C#N)CCCCC2)CC1. The molecule has 0 aromatic carbocycles. The van der Waals surface area contributed by atoms with Gasteiger partial charge in [-0.2, -0.15) is 20.8 Å². The highest BCUT2D eigenvalue weighted by molar-refractivity contribution is 5.08. The zero-order valence-corrected chi connectivity index (χ0v) is 10.8. The van der Waals surface area contributed by atoms with Gasteiger partial charge in [0.15, 0.2) is 5.54 Å². The molecule has 0 bridgehead atoms. The van der Waals surface area contributed by atoms with Gasteiger partial charge in [-0.3, -0.25) is 0 Å². The minimum absolute atomic E-state index is 0.205. The first-order valence-electron chi connectivity index (χ1n) is 7.01. The van der Waals surface area contributed by atoms with Crippen LogP contribution in [0.15, 0.2) is 10.2 Å². The van der Waals surface area contributed by atoms with Crippen molar-refractivity contribution in [1.29, 1.82) is 10.5 Å². The van der Waals surface area contributed by atoms with E-state index in [0.29, 0.717) is 0 Å². The lowest BCUT2D eigenvalue weighted by Gasteiger charge is -2.27. The van der Waals surface area contributed by atoms with Gasteiger partial charge in [0, 0.05) is 5.92 Å². The first-order valence-corrected chi connectivity index (χ1v) is 7.01. The lowest BCUT2D eigenvalue weighted by atomic mass is 9.84. The molecule has 2 fully saturated rings. The summed E-state index contributed by atoms with van der Waals surface area (Å²) < 4.78 is 0. The molecule has 18 heavy (non-hydrogen) atoms. The van der Waals surface area contributed by atoms with Crippen molar-refractivity contribution in [2.45, 2.75) is 69.4 Å². The van der Waals surface area contributed by atoms with Gasteiger partial charge >= 0.3 is 0 Å². The predicted octanol–water partition coefficient (Wildman–Crippen LogP) is 3.75. The van der Waals surface area contributed by atoms with Crippen molar-refractivity contribution in [3.05, 3.63) is 0 Å². The molecular formula is C14H20N4. The zero-order valence-electron chi connectivity index (χ0n) is 10.8. The van der Waals surface area contributed by atoms with Gasteiger partial charge in [-0.25, -0.2) is 0 Å². The van der Waals surface area contributed by atoms with Crippen molar-refractivity contribution >= 4 is 0 Å². The summed E-state index contributed by atoms with van der Waals surface area (Å²) in [5.74, 6) is 0.205. The Balaban J connectivity index is 1.90. The van der Waals surface area contributed by atoms with Crippen molar-refractivity contribution in [2.75, 3.05) is 0 Å². The van der Waals surface area contributed by atoms with Crippen molar-refractivity contribution < 1.29 is 0 Å². The summed E-state index contributed by atoms with van der Waals surface area (Å²) in [5.41, 5.74) is -0.537. The van der Waals surface area contributed by atoms with Crippen LogP contribution in [0.3, 0.4) is 0 Å². The zero-order chi connectivity index (χ0) is 12.8. The molecule has 0 heterocycles. The third kappa shape index (κ3) is 3.07. The number of nitriles is 2. The molecule has 2 aliphatic rings. The van der Waals surface area contributed by atoms with Gasteiger partial charge in [-0.15, -0.1) is 0 Å². The van der Waals surface area contributed by atoms with E-state index in [1.807, 2.05) is 0 Å². The van der Waals surface area contributed by atoms with E-state index in [1.54, 1.807) is 0 Å². The summed E-state index contributed by atoms with van der Waals surface area (Å²) in [4.78, 5) is 0. The Labute approximate surface area is 109 Å². The summed E-state index contributed by atoms with van der Waals surface area (Å²) in [6.45, 7) is 0. The predicted molar refractivity (Wildman–Crippen MR) is 67.6 cm³/mol. The highest BCUT2D eigenvalue weighted by Gasteiger charge is 2.32. The van der Waals surface area contributed by atoms with E-state index in [0.717, 1.165) is 51.4 Å². The van der Waals surface area contributed by atoms with Gasteiger partial charge in [0.25, 0.3) is 0 Å². The highest BCUT2D eigenvalue weighted by Crippen LogP contribution is 2.33. The van der Waals surface area contributed by atoms with Crippen LogP contribution in [0.2, 0.25) is 0 Å². The topological polar surface area (TPSA) is 72.3 Å². The summed E-state index contributed by atoms with van der Waals surface area (Å²) in [5, 5.41) is 26.9. The van der Waals surface area contributed by atoms with Crippen LogP contribution in [-0.2, 0) is 0 Å². The lowest BCUT2D eigenvalue weighted by Crippen LogP contribution is -2.27. The number of nitrogens with zero attached hydrogens (tertiary/aromatic N) is 4. The van der Waals surface area contributed by atoms with Gasteiger partial charge in [-0.1, -0.05) is 6.42 Å². The fourth-order valence-electron chi connectivity index (χ4n) is 2.88. The third-order valence-electron chi connectivity index (χ3n) is 4.18. The molecule has 0 amide bonds. The Bertz CT molecular complexity index is 374. The second-order valence-corrected chi connectivity index (χ2v) is 5.55. The van der Waals surface area contributed by atoms with E-state index in [4.69, 9.17) is 5.26 Å². The Kier molecular flexibility index (Phi) is 4.31. The number of hydrogen-bond acceptors (Lipinski definition) is 4. The van der Waals surface area contributed by atoms with Crippen LogP contribution < -0.4 is 0 Å². The van der Waals surface area contributed by atoms with Crippen molar-refractivity contribution in [2.24, 2.45) is 16.1 Å². The Morgan fingerprint density at radius 3 is 2.17 bits per heavy atom. The van der Waals surface area contributed by atoms with E-state index < -0.39 is 5.54 Å². The molecule has 0 unspecified atom stereocenters. The summed E-state index contributed by atoms with van der Waals surface area (Å²) in [6, 6.07) is 4.93. The number of rotatable bonds is 2. The lowest BCUT2D eigenvalue weighted by molar-refractivity contribution is 0.326.